The molecule has 3 heteroatoms. The van der Waals surface area contributed by atoms with Gasteiger partial charge >= 0.3 is 0 Å². The molecule has 0 aromatic carbocycles. The SMILES string of the molecule is CC(C)C(C=O)c1ccnn1C. The molecule has 0 aliphatic rings. The van der Waals surface area contributed by atoms with Crippen LogP contribution in [0.5, 0.6) is 0 Å². The molecule has 0 aliphatic heterocycles. The van der Waals surface area contributed by atoms with E-state index in [0.29, 0.717) is 5.92 Å². The van der Waals surface area contributed by atoms with Crippen LogP contribution in [-0.4, -0.2) is 16.1 Å². The lowest BCUT2D eigenvalue weighted by molar-refractivity contribution is -0.110. The van der Waals surface area contributed by atoms with Gasteiger partial charge in [0.05, 0.1) is 5.92 Å². The molecule has 0 bridgehead atoms. The molecule has 1 atom stereocenters. The summed E-state index contributed by atoms with van der Waals surface area (Å²) in [5, 5.41) is 4.03. The van der Waals surface area contributed by atoms with Gasteiger partial charge in [0.25, 0.3) is 0 Å². The topological polar surface area (TPSA) is 34.9 Å². The summed E-state index contributed by atoms with van der Waals surface area (Å²) in [5.41, 5.74) is 0.986. The minimum Gasteiger partial charge on any atom is -0.303 e. The first-order valence-electron chi connectivity index (χ1n) is 4.10. The van der Waals surface area contributed by atoms with Gasteiger partial charge < -0.3 is 4.79 Å². The molecular formula is C9H14N2O. The molecule has 1 unspecified atom stereocenters. The molecule has 0 radical (unpaired) electrons. The van der Waals surface area contributed by atoms with Crippen molar-refractivity contribution in [1.29, 1.82) is 0 Å². The zero-order valence-electron chi connectivity index (χ0n) is 7.69. The Hall–Kier alpha value is -1.12. The predicted molar refractivity (Wildman–Crippen MR) is 46.9 cm³/mol. The van der Waals surface area contributed by atoms with Gasteiger partial charge in [0, 0.05) is 18.9 Å². The molecule has 12 heavy (non-hydrogen) atoms. The molecular weight excluding hydrogens is 152 g/mol. The molecule has 0 saturated heterocycles. The third-order valence-corrected chi connectivity index (χ3v) is 2.07. The summed E-state index contributed by atoms with van der Waals surface area (Å²) in [6.45, 7) is 4.07. The molecule has 0 fully saturated rings. The largest absolute Gasteiger partial charge is 0.303 e. The maximum Gasteiger partial charge on any atom is 0.129 e. The summed E-state index contributed by atoms with van der Waals surface area (Å²) in [7, 11) is 1.86. The van der Waals surface area contributed by atoms with Crippen LogP contribution in [-0.2, 0) is 11.8 Å². The van der Waals surface area contributed by atoms with Crippen LogP contribution in [0.4, 0.5) is 0 Å². The van der Waals surface area contributed by atoms with E-state index < -0.39 is 0 Å². The van der Waals surface area contributed by atoms with E-state index in [4.69, 9.17) is 0 Å². The summed E-state index contributed by atoms with van der Waals surface area (Å²) < 4.78 is 1.75. The van der Waals surface area contributed by atoms with E-state index in [1.807, 2.05) is 27.0 Å². The minimum absolute atomic E-state index is 0.0301. The highest BCUT2D eigenvalue weighted by Gasteiger charge is 2.17. The van der Waals surface area contributed by atoms with Gasteiger partial charge in [-0.2, -0.15) is 5.10 Å². The number of carbonyl (C=O) groups is 1. The lowest BCUT2D eigenvalue weighted by Gasteiger charge is -2.13. The molecule has 0 saturated carbocycles. The van der Waals surface area contributed by atoms with Crippen LogP contribution in [0.25, 0.3) is 0 Å². The Balaban J connectivity index is 2.94. The van der Waals surface area contributed by atoms with E-state index in [0.717, 1.165) is 12.0 Å². The fraction of sp³-hybridized carbons (Fsp3) is 0.556. The first kappa shape index (κ1) is 8.97. The lowest BCUT2D eigenvalue weighted by atomic mass is 9.94. The van der Waals surface area contributed by atoms with Crippen LogP contribution in [0.15, 0.2) is 12.3 Å². The van der Waals surface area contributed by atoms with Crippen molar-refractivity contribution < 1.29 is 4.79 Å². The maximum absolute atomic E-state index is 10.8. The van der Waals surface area contributed by atoms with E-state index in [-0.39, 0.29) is 5.92 Å². The van der Waals surface area contributed by atoms with Gasteiger partial charge in [0.1, 0.15) is 6.29 Å². The molecule has 1 aromatic heterocycles. The molecule has 0 amide bonds. The molecule has 0 aliphatic carbocycles. The van der Waals surface area contributed by atoms with Crippen LogP contribution in [0, 0.1) is 5.92 Å². The van der Waals surface area contributed by atoms with Gasteiger partial charge in [0.15, 0.2) is 0 Å². The Morgan fingerprint density at radius 3 is 2.58 bits per heavy atom. The highest BCUT2D eigenvalue weighted by atomic mass is 16.1. The van der Waals surface area contributed by atoms with Crippen molar-refractivity contribution in [2.75, 3.05) is 0 Å². The summed E-state index contributed by atoms with van der Waals surface area (Å²) >= 11 is 0. The van der Waals surface area contributed by atoms with Crippen LogP contribution < -0.4 is 0 Å². The average Bonchev–Trinajstić information content (AvgIpc) is 2.38. The second kappa shape index (κ2) is 3.52. The highest BCUT2D eigenvalue weighted by Crippen LogP contribution is 2.20. The maximum atomic E-state index is 10.8. The second-order valence-corrected chi connectivity index (χ2v) is 3.29. The number of hydrogen-bond donors (Lipinski definition) is 0. The van der Waals surface area contributed by atoms with E-state index in [2.05, 4.69) is 5.10 Å². The monoisotopic (exact) mass is 166 g/mol. The van der Waals surface area contributed by atoms with Crippen molar-refractivity contribution >= 4 is 6.29 Å². The van der Waals surface area contributed by atoms with Crippen molar-refractivity contribution in [1.82, 2.24) is 9.78 Å². The van der Waals surface area contributed by atoms with Gasteiger partial charge in [-0.3, -0.25) is 4.68 Å². The fourth-order valence-electron chi connectivity index (χ4n) is 1.28. The summed E-state index contributed by atoms with van der Waals surface area (Å²) in [6, 6.07) is 1.89. The Kier molecular flexibility index (Phi) is 2.63. The zero-order chi connectivity index (χ0) is 9.14. The van der Waals surface area contributed by atoms with E-state index >= 15 is 0 Å². The molecule has 0 spiro atoms. The quantitative estimate of drug-likeness (QED) is 0.635. The van der Waals surface area contributed by atoms with Crippen molar-refractivity contribution in [2.45, 2.75) is 19.8 Å². The first-order valence-corrected chi connectivity index (χ1v) is 4.10. The Bertz CT molecular complexity index is 265. The summed E-state index contributed by atoms with van der Waals surface area (Å²) in [5.74, 6) is 0.301. The third-order valence-electron chi connectivity index (χ3n) is 2.07. The number of aromatic nitrogens is 2. The lowest BCUT2D eigenvalue weighted by Crippen LogP contribution is -2.12. The number of rotatable bonds is 3. The van der Waals surface area contributed by atoms with Gasteiger partial charge in [0.2, 0.25) is 0 Å². The normalized spacial score (nSPS) is 13.3. The Morgan fingerprint density at radius 2 is 2.25 bits per heavy atom. The minimum atomic E-state index is -0.0301. The highest BCUT2D eigenvalue weighted by molar-refractivity contribution is 5.61. The molecule has 1 aromatic rings. The standard InChI is InChI=1S/C9H14N2O/c1-7(2)8(6-12)9-4-5-10-11(9)3/h4-8H,1-3H3. The smallest absolute Gasteiger partial charge is 0.129 e. The fourth-order valence-corrected chi connectivity index (χ4v) is 1.28. The van der Waals surface area contributed by atoms with Crippen LogP contribution in [0.2, 0.25) is 0 Å². The Morgan fingerprint density at radius 1 is 1.58 bits per heavy atom. The van der Waals surface area contributed by atoms with E-state index in [1.165, 1.54) is 0 Å². The molecule has 1 rings (SSSR count). The van der Waals surface area contributed by atoms with Crippen molar-refractivity contribution in [3.05, 3.63) is 18.0 Å². The number of aldehydes is 1. The number of hydrogen-bond acceptors (Lipinski definition) is 2. The third kappa shape index (κ3) is 1.55. The predicted octanol–water partition coefficient (Wildman–Crippen LogP) is 1.36. The first-order chi connectivity index (χ1) is 5.66. The number of carbonyl (C=O) groups excluding carboxylic acids is 1. The number of nitrogens with zero attached hydrogens (tertiary/aromatic N) is 2. The van der Waals surface area contributed by atoms with Gasteiger partial charge in [-0.25, -0.2) is 0 Å². The Labute approximate surface area is 72.4 Å². The molecule has 1 heterocycles. The summed E-state index contributed by atoms with van der Waals surface area (Å²) in [4.78, 5) is 10.8. The second-order valence-electron chi connectivity index (χ2n) is 3.29. The van der Waals surface area contributed by atoms with Gasteiger partial charge in [-0.15, -0.1) is 0 Å². The van der Waals surface area contributed by atoms with Crippen LogP contribution in [0.1, 0.15) is 25.5 Å². The van der Waals surface area contributed by atoms with Crippen LogP contribution in [0.3, 0.4) is 0 Å². The van der Waals surface area contributed by atoms with Crippen LogP contribution >= 0.6 is 0 Å². The van der Waals surface area contributed by atoms with Crippen molar-refractivity contribution in [3.8, 4) is 0 Å². The van der Waals surface area contributed by atoms with Gasteiger partial charge in [-0.1, -0.05) is 13.8 Å². The van der Waals surface area contributed by atoms with Crippen molar-refractivity contribution in [2.24, 2.45) is 13.0 Å². The van der Waals surface area contributed by atoms with Gasteiger partial charge in [-0.05, 0) is 12.0 Å². The molecule has 66 valence electrons. The van der Waals surface area contributed by atoms with E-state index in [1.54, 1.807) is 10.9 Å². The summed E-state index contributed by atoms with van der Waals surface area (Å²) in [6.07, 6.45) is 2.70. The molecule has 3 nitrogen and oxygen atoms in total. The van der Waals surface area contributed by atoms with Crippen molar-refractivity contribution in [3.63, 3.8) is 0 Å². The number of aryl methyl sites for hydroxylation is 1. The zero-order valence-corrected chi connectivity index (χ0v) is 7.69. The van der Waals surface area contributed by atoms with E-state index in [9.17, 15) is 4.79 Å². The molecule has 0 N–H and O–H groups in total. The average molecular weight is 166 g/mol.